The maximum atomic E-state index is 12.0. The molecule has 1 atom stereocenters. The molecule has 7 heteroatoms. The second-order valence-electron chi connectivity index (χ2n) is 5.57. The summed E-state index contributed by atoms with van der Waals surface area (Å²) in [7, 11) is 0. The number of hydrogen-bond donors (Lipinski definition) is 2. The van der Waals surface area contributed by atoms with Gasteiger partial charge in [0.05, 0.1) is 6.54 Å². The summed E-state index contributed by atoms with van der Waals surface area (Å²) in [4.78, 5) is 35.7. The van der Waals surface area contributed by atoms with Crippen LogP contribution in [0.1, 0.15) is 33.6 Å². The number of hydrogen-bond acceptors (Lipinski definition) is 5. The van der Waals surface area contributed by atoms with Gasteiger partial charge in [-0.3, -0.25) is 19.8 Å². The molecule has 3 N–H and O–H groups in total. The Balaban J connectivity index is 2.56. The number of rotatable bonds is 3. The van der Waals surface area contributed by atoms with E-state index in [1.807, 2.05) is 5.32 Å². The molecule has 0 unspecified atom stereocenters. The molecule has 0 radical (unpaired) electrons. The topological polar surface area (TPSA) is 102 Å². The van der Waals surface area contributed by atoms with Gasteiger partial charge in [-0.05, 0) is 40.2 Å². The Morgan fingerprint density at radius 1 is 1.37 bits per heavy atom. The molecule has 108 valence electrons. The van der Waals surface area contributed by atoms with Gasteiger partial charge in [0.1, 0.15) is 11.6 Å². The van der Waals surface area contributed by atoms with E-state index in [9.17, 15) is 14.4 Å². The van der Waals surface area contributed by atoms with Crippen molar-refractivity contribution >= 4 is 17.9 Å². The Bertz CT molecular complexity index is 376. The van der Waals surface area contributed by atoms with Gasteiger partial charge in [-0.25, -0.2) is 4.79 Å². The molecule has 7 nitrogen and oxygen atoms in total. The molecule has 1 aliphatic heterocycles. The zero-order valence-corrected chi connectivity index (χ0v) is 11.6. The molecule has 1 fully saturated rings. The number of imide groups is 1. The second kappa shape index (κ2) is 6.01. The van der Waals surface area contributed by atoms with Crippen molar-refractivity contribution < 1.29 is 19.1 Å². The number of likely N-dealkylation sites (tertiary alicyclic amines) is 1. The van der Waals surface area contributed by atoms with Crippen molar-refractivity contribution in [3.05, 3.63) is 0 Å². The van der Waals surface area contributed by atoms with E-state index in [4.69, 9.17) is 10.5 Å². The standard InChI is InChI=1S/C12H21N3O4/c1-12(2,3)19-10(17)8-5-4-6-15(8)7-9(16)14-11(13)18/h8H,4-7H2,1-3H3,(H3,13,14,16,18)/t8-/m0/s1. The van der Waals surface area contributed by atoms with E-state index in [2.05, 4.69) is 0 Å². The van der Waals surface area contributed by atoms with Gasteiger partial charge in [-0.2, -0.15) is 0 Å². The minimum atomic E-state index is -0.891. The fraction of sp³-hybridized carbons (Fsp3) is 0.750. The van der Waals surface area contributed by atoms with Crippen LogP contribution in [0.4, 0.5) is 4.79 Å². The van der Waals surface area contributed by atoms with E-state index in [1.54, 1.807) is 25.7 Å². The van der Waals surface area contributed by atoms with Gasteiger partial charge in [0.2, 0.25) is 5.91 Å². The fourth-order valence-corrected chi connectivity index (χ4v) is 2.01. The first-order valence-electron chi connectivity index (χ1n) is 6.25. The lowest BCUT2D eigenvalue weighted by Gasteiger charge is -2.26. The van der Waals surface area contributed by atoms with E-state index in [0.717, 1.165) is 6.42 Å². The highest BCUT2D eigenvalue weighted by Gasteiger charge is 2.35. The highest BCUT2D eigenvalue weighted by Crippen LogP contribution is 2.20. The summed E-state index contributed by atoms with van der Waals surface area (Å²) in [6.45, 7) is 5.97. The maximum Gasteiger partial charge on any atom is 0.323 e. The monoisotopic (exact) mass is 271 g/mol. The van der Waals surface area contributed by atoms with Gasteiger partial charge in [0.15, 0.2) is 0 Å². The molecule has 19 heavy (non-hydrogen) atoms. The Kier molecular flexibility index (Phi) is 4.88. The maximum absolute atomic E-state index is 12.0. The molecule has 0 saturated carbocycles. The first kappa shape index (κ1) is 15.4. The number of urea groups is 1. The SMILES string of the molecule is CC(C)(C)OC(=O)[C@@H]1CCCN1CC(=O)NC(N)=O. The van der Waals surface area contributed by atoms with Crippen LogP contribution in [0, 0.1) is 0 Å². The molecule has 1 rings (SSSR count). The third-order valence-corrected chi connectivity index (χ3v) is 2.65. The Labute approximate surface area is 112 Å². The molecule has 0 aromatic heterocycles. The van der Waals surface area contributed by atoms with E-state index < -0.39 is 23.6 Å². The van der Waals surface area contributed by atoms with E-state index in [1.165, 1.54) is 0 Å². The normalized spacial score (nSPS) is 20.1. The molecule has 1 aliphatic rings. The van der Waals surface area contributed by atoms with E-state index in [0.29, 0.717) is 13.0 Å². The van der Waals surface area contributed by atoms with Crippen LogP contribution in [-0.4, -0.2) is 47.5 Å². The molecule has 0 aliphatic carbocycles. The van der Waals surface area contributed by atoms with Gasteiger partial charge in [0, 0.05) is 0 Å². The van der Waals surface area contributed by atoms with Gasteiger partial charge in [0.25, 0.3) is 0 Å². The molecule has 3 amide bonds. The van der Waals surface area contributed by atoms with Crippen LogP contribution < -0.4 is 11.1 Å². The van der Waals surface area contributed by atoms with Crippen molar-refractivity contribution in [1.82, 2.24) is 10.2 Å². The second-order valence-corrected chi connectivity index (χ2v) is 5.57. The lowest BCUT2D eigenvalue weighted by Crippen LogP contribution is -2.47. The first-order chi connectivity index (χ1) is 8.69. The molecule has 1 heterocycles. The van der Waals surface area contributed by atoms with Crippen LogP contribution >= 0.6 is 0 Å². The number of carbonyl (C=O) groups is 3. The van der Waals surface area contributed by atoms with Crippen LogP contribution in [-0.2, 0) is 14.3 Å². The summed E-state index contributed by atoms with van der Waals surface area (Å²) in [6, 6.07) is -1.32. The Morgan fingerprint density at radius 3 is 2.53 bits per heavy atom. The fourth-order valence-electron chi connectivity index (χ4n) is 2.01. The smallest absolute Gasteiger partial charge is 0.323 e. The van der Waals surface area contributed by atoms with Crippen molar-refractivity contribution in [3.63, 3.8) is 0 Å². The number of ether oxygens (including phenoxy) is 1. The number of nitrogens with zero attached hydrogens (tertiary/aromatic N) is 1. The summed E-state index contributed by atoms with van der Waals surface area (Å²) < 4.78 is 5.31. The number of amides is 3. The summed E-state index contributed by atoms with van der Waals surface area (Å²) in [6.07, 6.45) is 1.46. The summed E-state index contributed by atoms with van der Waals surface area (Å²) >= 11 is 0. The lowest BCUT2D eigenvalue weighted by atomic mass is 10.1. The molecule has 0 aromatic carbocycles. The highest BCUT2D eigenvalue weighted by atomic mass is 16.6. The van der Waals surface area contributed by atoms with Crippen LogP contribution in [0.15, 0.2) is 0 Å². The third-order valence-electron chi connectivity index (χ3n) is 2.65. The van der Waals surface area contributed by atoms with Crippen molar-refractivity contribution in [2.75, 3.05) is 13.1 Å². The van der Waals surface area contributed by atoms with Crippen LogP contribution in [0.3, 0.4) is 0 Å². The number of primary amides is 1. The van der Waals surface area contributed by atoms with E-state index >= 15 is 0 Å². The lowest BCUT2D eigenvalue weighted by molar-refractivity contribution is -0.160. The summed E-state index contributed by atoms with van der Waals surface area (Å²) in [5, 5.41) is 1.98. The number of carbonyl (C=O) groups excluding carboxylic acids is 3. The Morgan fingerprint density at radius 2 is 2.00 bits per heavy atom. The Hall–Kier alpha value is -1.63. The average molecular weight is 271 g/mol. The van der Waals surface area contributed by atoms with Crippen molar-refractivity contribution in [2.24, 2.45) is 5.73 Å². The number of nitrogens with one attached hydrogen (secondary N) is 1. The summed E-state index contributed by atoms with van der Waals surface area (Å²) in [5.41, 5.74) is 4.31. The number of nitrogens with two attached hydrogens (primary N) is 1. The minimum Gasteiger partial charge on any atom is -0.459 e. The molecule has 0 bridgehead atoms. The van der Waals surface area contributed by atoms with Gasteiger partial charge in [-0.15, -0.1) is 0 Å². The summed E-state index contributed by atoms with van der Waals surface area (Å²) in [5.74, 6) is -0.847. The van der Waals surface area contributed by atoms with Crippen molar-refractivity contribution in [3.8, 4) is 0 Å². The molecular formula is C12H21N3O4. The van der Waals surface area contributed by atoms with Gasteiger partial charge >= 0.3 is 12.0 Å². The molecule has 1 saturated heterocycles. The van der Waals surface area contributed by atoms with Crippen LogP contribution in [0.5, 0.6) is 0 Å². The van der Waals surface area contributed by atoms with E-state index in [-0.39, 0.29) is 12.5 Å². The largest absolute Gasteiger partial charge is 0.459 e. The van der Waals surface area contributed by atoms with Crippen molar-refractivity contribution in [2.45, 2.75) is 45.3 Å². The van der Waals surface area contributed by atoms with Crippen LogP contribution in [0.2, 0.25) is 0 Å². The quantitative estimate of drug-likeness (QED) is 0.703. The predicted octanol–water partition coefficient (Wildman–Crippen LogP) is -0.0126. The zero-order chi connectivity index (χ0) is 14.6. The molecule has 0 aromatic rings. The highest BCUT2D eigenvalue weighted by molar-refractivity contribution is 5.94. The minimum absolute atomic E-state index is 0.0349. The van der Waals surface area contributed by atoms with Crippen molar-refractivity contribution in [1.29, 1.82) is 0 Å². The van der Waals surface area contributed by atoms with Gasteiger partial charge in [-0.1, -0.05) is 0 Å². The van der Waals surface area contributed by atoms with Gasteiger partial charge < -0.3 is 10.5 Å². The zero-order valence-electron chi connectivity index (χ0n) is 11.6. The average Bonchev–Trinajstić information content (AvgIpc) is 2.61. The number of esters is 1. The molecular weight excluding hydrogens is 250 g/mol. The molecule has 0 spiro atoms. The first-order valence-corrected chi connectivity index (χ1v) is 6.25. The third kappa shape index (κ3) is 5.25. The van der Waals surface area contributed by atoms with Crippen LogP contribution in [0.25, 0.3) is 0 Å². The predicted molar refractivity (Wildman–Crippen MR) is 68.2 cm³/mol.